The van der Waals surface area contributed by atoms with E-state index in [2.05, 4.69) is 18.8 Å². The highest BCUT2D eigenvalue weighted by molar-refractivity contribution is 7.99. The van der Waals surface area contributed by atoms with Gasteiger partial charge in [-0.3, -0.25) is 0 Å². The highest BCUT2D eigenvalue weighted by Crippen LogP contribution is 2.24. The van der Waals surface area contributed by atoms with Gasteiger partial charge in [-0.05, 0) is 0 Å². The van der Waals surface area contributed by atoms with Crippen molar-refractivity contribution in [1.29, 1.82) is 0 Å². The van der Waals surface area contributed by atoms with Gasteiger partial charge in [0.15, 0.2) is 0 Å². The Bertz CT molecular complexity index is 157. The standard InChI is InChI=1S/C10H19NOS/c1-3-5-13-6-4-11-7-10(2)8-12-9-10/h3,11H,1,4-9H2,2H3. The van der Waals surface area contributed by atoms with Crippen LogP contribution in [0.15, 0.2) is 12.7 Å². The van der Waals surface area contributed by atoms with Crippen molar-refractivity contribution in [2.75, 3.05) is 37.8 Å². The average Bonchev–Trinajstić information content (AvgIpc) is 2.08. The number of hydrogen-bond donors (Lipinski definition) is 1. The predicted molar refractivity (Wildman–Crippen MR) is 59.3 cm³/mol. The number of thioether (sulfide) groups is 1. The zero-order valence-corrected chi connectivity index (χ0v) is 9.16. The minimum absolute atomic E-state index is 0.406. The largest absolute Gasteiger partial charge is 0.380 e. The summed E-state index contributed by atoms with van der Waals surface area (Å²) in [6, 6.07) is 0. The zero-order valence-electron chi connectivity index (χ0n) is 8.34. The van der Waals surface area contributed by atoms with Crippen LogP contribution in [0.5, 0.6) is 0 Å². The Morgan fingerprint density at radius 2 is 2.38 bits per heavy atom. The summed E-state index contributed by atoms with van der Waals surface area (Å²) in [4.78, 5) is 0. The van der Waals surface area contributed by atoms with Crippen molar-refractivity contribution in [2.45, 2.75) is 6.92 Å². The fourth-order valence-corrected chi connectivity index (χ4v) is 1.88. The molecule has 1 heterocycles. The van der Waals surface area contributed by atoms with Crippen LogP contribution < -0.4 is 5.32 Å². The van der Waals surface area contributed by atoms with Crippen LogP contribution in [0.4, 0.5) is 0 Å². The van der Waals surface area contributed by atoms with Gasteiger partial charge in [0.25, 0.3) is 0 Å². The van der Waals surface area contributed by atoms with Crippen LogP contribution in [0.3, 0.4) is 0 Å². The maximum absolute atomic E-state index is 5.17. The second kappa shape index (κ2) is 5.68. The molecule has 2 nitrogen and oxygen atoms in total. The van der Waals surface area contributed by atoms with Crippen LogP contribution >= 0.6 is 11.8 Å². The Morgan fingerprint density at radius 3 is 2.92 bits per heavy atom. The molecule has 0 atom stereocenters. The van der Waals surface area contributed by atoms with E-state index in [0.29, 0.717) is 5.41 Å². The number of hydrogen-bond acceptors (Lipinski definition) is 3. The summed E-state index contributed by atoms with van der Waals surface area (Å²) < 4.78 is 5.17. The molecule has 1 aliphatic rings. The highest BCUT2D eigenvalue weighted by atomic mass is 32.2. The molecule has 0 aromatic carbocycles. The molecule has 0 aliphatic carbocycles. The molecular weight excluding hydrogens is 182 g/mol. The van der Waals surface area contributed by atoms with E-state index >= 15 is 0 Å². The maximum Gasteiger partial charge on any atom is 0.0554 e. The van der Waals surface area contributed by atoms with Gasteiger partial charge in [-0.1, -0.05) is 13.0 Å². The number of rotatable bonds is 7. The van der Waals surface area contributed by atoms with Gasteiger partial charge in [0.05, 0.1) is 13.2 Å². The van der Waals surface area contributed by atoms with Crippen molar-refractivity contribution in [1.82, 2.24) is 5.32 Å². The summed E-state index contributed by atoms with van der Waals surface area (Å²) in [5.41, 5.74) is 0.406. The maximum atomic E-state index is 5.17. The van der Waals surface area contributed by atoms with Crippen molar-refractivity contribution in [3.05, 3.63) is 12.7 Å². The van der Waals surface area contributed by atoms with Crippen LogP contribution in [0.1, 0.15) is 6.92 Å². The van der Waals surface area contributed by atoms with Crippen molar-refractivity contribution in [3.8, 4) is 0 Å². The van der Waals surface area contributed by atoms with Gasteiger partial charge in [0, 0.05) is 30.0 Å². The first-order chi connectivity index (χ1) is 6.27. The summed E-state index contributed by atoms with van der Waals surface area (Å²) in [5.74, 6) is 2.23. The van der Waals surface area contributed by atoms with Crippen molar-refractivity contribution in [2.24, 2.45) is 5.41 Å². The molecular formula is C10H19NOS. The second-order valence-electron chi connectivity index (χ2n) is 3.84. The Balaban J connectivity index is 1.86. The Kier molecular flexibility index (Phi) is 4.84. The van der Waals surface area contributed by atoms with Crippen LogP contribution in [-0.2, 0) is 4.74 Å². The summed E-state index contributed by atoms with van der Waals surface area (Å²) >= 11 is 1.92. The molecule has 1 aliphatic heterocycles. The van der Waals surface area contributed by atoms with Gasteiger partial charge in [-0.2, -0.15) is 11.8 Å². The van der Waals surface area contributed by atoms with E-state index in [4.69, 9.17) is 4.74 Å². The molecule has 13 heavy (non-hydrogen) atoms. The lowest BCUT2D eigenvalue weighted by Gasteiger charge is -2.38. The van der Waals surface area contributed by atoms with Gasteiger partial charge in [-0.15, -0.1) is 6.58 Å². The van der Waals surface area contributed by atoms with E-state index in [0.717, 1.165) is 32.1 Å². The summed E-state index contributed by atoms with van der Waals surface area (Å²) in [7, 11) is 0. The molecule has 0 aromatic rings. The van der Waals surface area contributed by atoms with Crippen LogP contribution in [0.2, 0.25) is 0 Å². The fraction of sp³-hybridized carbons (Fsp3) is 0.800. The first-order valence-corrected chi connectivity index (χ1v) is 5.89. The summed E-state index contributed by atoms with van der Waals surface area (Å²) in [6.45, 7) is 9.96. The molecule has 0 bridgehead atoms. The minimum atomic E-state index is 0.406. The molecule has 0 spiro atoms. The molecule has 3 heteroatoms. The molecule has 0 unspecified atom stereocenters. The first kappa shape index (κ1) is 11.1. The van der Waals surface area contributed by atoms with Crippen molar-refractivity contribution >= 4 is 11.8 Å². The SMILES string of the molecule is C=CCSCCNCC1(C)COC1. The lowest BCUT2D eigenvalue weighted by Crippen LogP contribution is -2.47. The second-order valence-corrected chi connectivity index (χ2v) is 4.99. The van der Waals surface area contributed by atoms with E-state index < -0.39 is 0 Å². The Morgan fingerprint density at radius 1 is 1.62 bits per heavy atom. The van der Waals surface area contributed by atoms with Crippen LogP contribution in [0, 0.1) is 5.41 Å². The third-order valence-corrected chi connectivity index (χ3v) is 3.08. The van der Waals surface area contributed by atoms with E-state index in [9.17, 15) is 0 Å². The van der Waals surface area contributed by atoms with Gasteiger partial charge in [0.1, 0.15) is 0 Å². The smallest absolute Gasteiger partial charge is 0.0554 e. The predicted octanol–water partition coefficient (Wildman–Crippen LogP) is 1.53. The topological polar surface area (TPSA) is 21.3 Å². The van der Waals surface area contributed by atoms with E-state index in [1.54, 1.807) is 0 Å². The quantitative estimate of drug-likeness (QED) is 0.498. The third-order valence-electron chi connectivity index (χ3n) is 2.11. The average molecular weight is 201 g/mol. The lowest BCUT2D eigenvalue weighted by molar-refractivity contribution is -0.0987. The third kappa shape index (κ3) is 4.16. The van der Waals surface area contributed by atoms with Gasteiger partial charge in [0.2, 0.25) is 0 Å². The van der Waals surface area contributed by atoms with E-state index in [1.165, 1.54) is 5.75 Å². The number of ether oxygens (including phenoxy) is 1. The lowest BCUT2D eigenvalue weighted by atomic mass is 9.89. The minimum Gasteiger partial charge on any atom is -0.380 e. The van der Waals surface area contributed by atoms with Crippen LogP contribution in [-0.4, -0.2) is 37.8 Å². The zero-order chi connectivity index (χ0) is 9.57. The van der Waals surface area contributed by atoms with Gasteiger partial charge in [-0.25, -0.2) is 0 Å². The molecule has 0 saturated carbocycles. The van der Waals surface area contributed by atoms with Gasteiger partial charge < -0.3 is 10.1 Å². The first-order valence-electron chi connectivity index (χ1n) is 4.74. The van der Waals surface area contributed by atoms with Crippen molar-refractivity contribution in [3.63, 3.8) is 0 Å². The Hall–Kier alpha value is 0.01000. The summed E-state index contributed by atoms with van der Waals surface area (Å²) in [6.07, 6.45) is 1.95. The summed E-state index contributed by atoms with van der Waals surface area (Å²) in [5, 5.41) is 3.45. The van der Waals surface area contributed by atoms with E-state index in [1.807, 2.05) is 17.8 Å². The molecule has 1 fully saturated rings. The molecule has 0 aromatic heterocycles. The molecule has 0 amide bonds. The highest BCUT2D eigenvalue weighted by Gasteiger charge is 2.32. The Labute approximate surface area is 85.1 Å². The molecule has 0 radical (unpaired) electrons. The molecule has 1 saturated heterocycles. The molecule has 76 valence electrons. The van der Waals surface area contributed by atoms with Crippen molar-refractivity contribution < 1.29 is 4.74 Å². The normalized spacial score (nSPS) is 19.5. The van der Waals surface area contributed by atoms with Crippen LogP contribution in [0.25, 0.3) is 0 Å². The molecule has 1 rings (SSSR count). The number of nitrogens with one attached hydrogen (secondary N) is 1. The van der Waals surface area contributed by atoms with Gasteiger partial charge >= 0.3 is 0 Å². The van der Waals surface area contributed by atoms with E-state index in [-0.39, 0.29) is 0 Å². The monoisotopic (exact) mass is 201 g/mol. The molecule has 1 N–H and O–H groups in total. The fourth-order valence-electron chi connectivity index (χ4n) is 1.25.